The van der Waals surface area contributed by atoms with Crippen molar-refractivity contribution in [3.8, 4) is 28.7 Å². The zero-order valence-corrected chi connectivity index (χ0v) is 30.1. The summed E-state index contributed by atoms with van der Waals surface area (Å²) in [5, 5.41) is 3.96. The van der Waals surface area contributed by atoms with Crippen LogP contribution in [0.15, 0.2) is 95.8 Å². The van der Waals surface area contributed by atoms with Crippen LogP contribution in [-0.2, 0) is 31.8 Å². The third kappa shape index (κ3) is 5.72. The van der Waals surface area contributed by atoms with Crippen molar-refractivity contribution in [1.82, 2.24) is 9.55 Å². The molecule has 1 N–H and O–H groups in total. The van der Waals surface area contributed by atoms with E-state index in [0.717, 1.165) is 40.0 Å². The first-order valence-electron chi connectivity index (χ1n) is 17.5. The van der Waals surface area contributed by atoms with Crippen LogP contribution in [0.3, 0.4) is 0 Å². The summed E-state index contributed by atoms with van der Waals surface area (Å²) in [6.07, 6.45) is 1.39. The minimum atomic E-state index is -0.134. The van der Waals surface area contributed by atoms with Crippen molar-refractivity contribution in [3.63, 3.8) is 0 Å². The predicted molar refractivity (Wildman–Crippen MR) is 207 cm³/mol. The fourth-order valence-electron chi connectivity index (χ4n) is 7.76. The SMILES string of the molecule is COc1cc2c(cc1OCc1cc(CS)cc(COc3cc4nc5n(c(=O)c4cc3OC)-c3ccccc3C5)c1)NC[C@@H]1Cc3ccccc3N1C2=O. The van der Waals surface area contributed by atoms with Crippen molar-refractivity contribution in [3.05, 3.63) is 141 Å². The van der Waals surface area contributed by atoms with Crippen molar-refractivity contribution < 1.29 is 23.7 Å². The molecule has 11 heteroatoms. The summed E-state index contributed by atoms with van der Waals surface area (Å²) in [5.74, 6) is 3.11. The molecule has 1 amide bonds. The van der Waals surface area contributed by atoms with Gasteiger partial charge in [0.05, 0.1) is 48.1 Å². The summed E-state index contributed by atoms with van der Waals surface area (Å²) in [6, 6.07) is 29.2. The summed E-state index contributed by atoms with van der Waals surface area (Å²) in [7, 11) is 3.14. The maximum atomic E-state index is 13.9. The van der Waals surface area contributed by atoms with E-state index >= 15 is 0 Å². The van der Waals surface area contributed by atoms with Gasteiger partial charge in [0, 0.05) is 36.5 Å². The molecule has 0 spiro atoms. The molecule has 266 valence electrons. The Morgan fingerprint density at radius 3 is 2.17 bits per heavy atom. The van der Waals surface area contributed by atoms with E-state index in [-0.39, 0.29) is 30.7 Å². The van der Waals surface area contributed by atoms with Gasteiger partial charge in [-0.15, -0.1) is 0 Å². The Balaban J connectivity index is 0.951. The first-order chi connectivity index (χ1) is 25.9. The van der Waals surface area contributed by atoms with Gasteiger partial charge in [-0.1, -0.05) is 48.5 Å². The van der Waals surface area contributed by atoms with Crippen molar-refractivity contribution in [1.29, 1.82) is 0 Å². The number of carbonyl (C=O) groups excluding carboxylic acids is 1. The molecule has 0 bridgehead atoms. The molecule has 4 heterocycles. The molecule has 1 atom stereocenters. The zero-order chi connectivity index (χ0) is 36.2. The summed E-state index contributed by atoms with van der Waals surface area (Å²) in [6.45, 7) is 1.11. The van der Waals surface area contributed by atoms with Crippen LogP contribution in [0.4, 0.5) is 11.4 Å². The second-order valence-electron chi connectivity index (χ2n) is 13.5. The Labute approximate surface area is 311 Å². The lowest BCUT2D eigenvalue weighted by Gasteiger charge is -2.22. The number of rotatable bonds is 9. The normalized spacial score (nSPS) is 15.1. The summed E-state index contributed by atoms with van der Waals surface area (Å²) in [4.78, 5) is 34.2. The third-order valence-corrected chi connectivity index (χ3v) is 10.6. The molecule has 1 aromatic heterocycles. The van der Waals surface area contributed by atoms with E-state index in [0.29, 0.717) is 69.7 Å². The molecule has 3 aliphatic rings. The van der Waals surface area contributed by atoms with E-state index in [1.807, 2.05) is 71.6 Å². The molecule has 0 aliphatic carbocycles. The van der Waals surface area contributed by atoms with Crippen LogP contribution in [0.2, 0.25) is 0 Å². The lowest BCUT2D eigenvalue weighted by molar-refractivity contribution is 0.0983. The van der Waals surface area contributed by atoms with Crippen molar-refractivity contribution in [2.24, 2.45) is 0 Å². The maximum absolute atomic E-state index is 13.9. The molecule has 0 fully saturated rings. The number of nitrogens with zero attached hydrogens (tertiary/aromatic N) is 3. The average molecular weight is 725 g/mol. The molecule has 5 aromatic carbocycles. The van der Waals surface area contributed by atoms with Gasteiger partial charge in [-0.3, -0.25) is 14.2 Å². The number of benzene rings is 5. The van der Waals surface area contributed by atoms with Crippen molar-refractivity contribution in [2.45, 2.75) is 37.9 Å². The predicted octanol–water partition coefficient (Wildman–Crippen LogP) is 6.89. The smallest absolute Gasteiger partial charge is 0.266 e. The Hall–Kier alpha value is -5.94. The molecule has 0 saturated carbocycles. The lowest BCUT2D eigenvalue weighted by atomic mass is 10.1. The minimum absolute atomic E-state index is 0.0276. The Morgan fingerprint density at radius 2 is 1.43 bits per heavy atom. The van der Waals surface area contributed by atoms with Crippen LogP contribution >= 0.6 is 12.6 Å². The van der Waals surface area contributed by atoms with Crippen LogP contribution in [0, 0.1) is 0 Å². The number of hydrogen-bond acceptors (Lipinski definition) is 9. The number of nitrogens with one attached hydrogen (secondary N) is 1. The number of anilines is 2. The number of hydrogen-bond donors (Lipinski definition) is 2. The van der Waals surface area contributed by atoms with Crippen LogP contribution in [-0.4, -0.2) is 42.3 Å². The van der Waals surface area contributed by atoms with Crippen LogP contribution in [0.1, 0.15) is 44.0 Å². The maximum Gasteiger partial charge on any atom is 0.266 e. The number of methoxy groups -OCH3 is 2. The fourth-order valence-corrected chi connectivity index (χ4v) is 7.94. The van der Waals surface area contributed by atoms with E-state index in [2.05, 4.69) is 24.0 Å². The molecule has 3 aliphatic heterocycles. The van der Waals surface area contributed by atoms with E-state index in [4.69, 9.17) is 23.9 Å². The average Bonchev–Trinajstić information content (AvgIpc) is 3.72. The van der Waals surface area contributed by atoms with Gasteiger partial charge in [0.2, 0.25) is 0 Å². The quantitative estimate of drug-likeness (QED) is 0.155. The summed E-state index contributed by atoms with van der Waals surface area (Å²) in [5.41, 5.74) is 8.59. The molecular weight excluding hydrogens is 689 g/mol. The number of carbonyl (C=O) groups is 1. The first-order valence-corrected chi connectivity index (χ1v) is 18.1. The van der Waals surface area contributed by atoms with Crippen LogP contribution < -0.4 is 34.7 Å². The fraction of sp³-hybridized carbons (Fsp3) is 0.214. The molecular formula is C42H36N4O6S. The Morgan fingerprint density at radius 1 is 0.774 bits per heavy atom. The zero-order valence-electron chi connectivity index (χ0n) is 29.2. The van der Waals surface area contributed by atoms with Gasteiger partial charge in [-0.2, -0.15) is 12.6 Å². The monoisotopic (exact) mass is 724 g/mol. The molecule has 6 aromatic rings. The van der Waals surface area contributed by atoms with Crippen LogP contribution in [0.25, 0.3) is 16.6 Å². The second-order valence-corrected chi connectivity index (χ2v) is 13.8. The molecule has 0 radical (unpaired) electrons. The van der Waals surface area contributed by atoms with Gasteiger partial charge in [0.1, 0.15) is 19.0 Å². The van der Waals surface area contributed by atoms with E-state index in [9.17, 15) is 9.59 Å². The highest BCUT2D eigenvalue weighted by atomic mass is 32.1. The molecule has 9 rings (SSSR count). The van der Waals surface area contributed by atoms with Gasteiger partial charge >= 0.3 is 0 Å². The van der Waals surface area contributed by atoms with Crippen molar-refractivity contribution in [2.75, 3.05) is 31.0 Å². The van der Waals surface area contributed by atoms with E-state index in [1.165, 1.54) is 5.56 Å². The Bertz CT molecular complexity index is 2520. The van der Waals surface area contributed by atoms with Gasteiger partial charge in [0.25, 0.3) is 11.5 Å². The van der Waals surface area contributed by atoms with Gasteiger partial charge in [-0.05, 0) is 64.6 Å². The number of fused-ring (bicyclic) bond motifs is 8. The molecule has 0 unspecified atom stereocenters. The number of para-hydroxylation sites is 2. The highest BCUT2D eigenvalue weighted by Crippen LogP contribution is 2.41. The number of ether oxygens (including phenoxy) is 4. The molecule has 53 heavy (non-hydrogen) atoms. The van der Waals surface area contributed by atoms with E-state index < -0.39 is 0 Å². The van der Waals surface area contributed by atoms with Gasteiger partial charge in [0.15, 0.2) is 23.0 Å². The van der Waals surface area contributed by atoms with Crippen LogP contribution in [0.5, 0.6) is 23.0 Å². The van der Waals surface area contributed by atoms with Crippen molar-refractivity contribution >= 4 is 40.8 Å². The van der Waals surface area contributed by atoms with E-state index in [1.54, 1.807) is 37.0 Å². The molecule has 10 nitrogen and oxygen atoms in total. The summed E-state index contributed by atoms with van der Waals surface area (Å²) < 4.78 is 25.8. The number of aromatic nitrogens is 2. The van der Waals surface area contributed by atoms with Gasteiger partial charge in [-0.25, -0.2) is 4.98 Å². The third-order valence-electron chi connectivity index (χ3n) is 10.2. The first kappa shape index (κ1) is 32.9. The Kier molecular flexibility index (Phi) is 8.22. The van der Waals surface area contributed by atoms with Gasteiger partial charge < -0.3 is 29.2 Å². The largest absolute Gasteiger partial charge is 0.493 e. The lowest BCUT2D eigenvalue weighted by Crippen LogP contribution is -2.39. The highest BCUT2D eigenvalue weighted by molar-refractivity contribution is 7.79. The highest BCUT2D eigenvalue weighted by Gasteiger charge is 2.37. The molecule has 0 saturated heterocycles. The standard InChI is InChI=1S/C42H36N4O6S/c1-49-36-16-30-32(43-20-29-14-27-7-3-5-9-34(27)45(29)41(30)47)18-38(36)51-21-24-11-25(13-26(12-24)23-53)22-52-39-19-33-31(17-37(39)50-2)42(48)46-35-10-6-4-8-28(35)15-40(46)44-33/h3-13,16-19,29,43,53H,14-15,20-23H2,1-2H3/t29-/m0/s1. The minimum Gasteiger partial charge on any atom is -0.493 e. The number of amides is 1. The summed E-state index contributed by atoms with van der Waals surface area (Å²) >= 11 is 4.56. The number of thiol groups is 1. The second kappa shape index (κ2) is 13.2. The topological polar surface area (TPSA) is 104 Å².